The van der Waals surface area contributed by atoms with Crippen molar-refractivity contribution >= 4 is 16.5 Å². The van der Waals surface area contributed by atoms with Gasteiger partial charge in [-0.1, -0.05) is 6.07 Å². The Bertz CT molecular complexity index is 1200. The number of imidazole rings is 1. The Morgan fingerprint density at radius 3 is 2.63 bits per heavy atom. The minimum Gasteiger partial charge on any atom is -0.371 e. The molecule has 4 heterocycles. The number of aromatic nitrogens is 5. The molecule has 1 aliphatic heterocycles. The molecular formula is C20H20N6O. The molecule has 0 amide bonds. The molecule has 0 radical (unpaired) electrons. The smallest absolute Gasteiger partial charge is 0.283 e. The van der Waals surface area contributed by atoms with Gasteiger partial charge in [0.1, 0.15) is 0 Å². The van der Waals surface area contributed by atoms with E-state index in [2.05, 4.69) is 48.8 Å². The fraction of sp³-hybridized carbons (Fsp3) is 0.250. The number of nitrogens with zero attached hydrogens (tertiary/aromatic N) is 5. The first-order valence-corrected chi connectivity index (χ1v) is 9.10. The molecule has 0 atom stereocenters. The van der Waals surface area contributed by atoms with Gasteiger partial charge in [0, 0.05) is 53.6 Å². The Balaban J connectivity index is 1.72. The van der Waals surface area contributed by atoms with Gasteiger partial charge in [-0.2, -0.15) is 9.78 Å². The molecule has 136 valence electrons. The monoisotopic (exact) mass is 360 g/mol. The average molecular weight is 360 g/mol. The van der Waals surface area contributed by atoms with Gasteiger partial charge in [0.2, 0.25) is 5.95 Å². The summed E-state index contributed by atoms with van der Waals surface area (Å²) in [6, 6.07) is 8.49. The zero-order chi connectivity index (χ0) is 18.5. The molecule has 27 heavy (non-hydrogen) atoms. The van der Waals surface area contributed by atoms with Crippen molar-refractivity contribution < 1.29 is 0 Å². The highest BCUT2D eigenvalue weighted by molar-refractivity contribution is 5.88. The van der Waals surface area contributed by atoms with E-state index in [1.165, 1.54) is 16.8 Å². The molecule has 1 fully saturated rings. The molecule has 4 aromatic rings. The van der Waals surface area contributed by atoms with Crippen molar-refractivity contribution in [3.05, 3.63) is 64.6 Å². The van der Waals surface area contributed by atoms with Crippen LogP contribution in [0.1, 0.15) is 17.8 Å². The van der Waals surface area contributed by atoms with E-state index < -0.39 is 0 Å². The molecule has 0 spiro atoms. The highest BCUT2D eigenvalue weighted by atomic mass is 16.1. The van der Waals surface area contributed by atoms with Gasteiger partial charge in [0.05, 0.1) is 11.6 Å². The Kier molecular flexibility index (Phi) is 3.43. The van der Waals surface area contributed by atoms with E-state index in [-0.39, 0.29) is 5.56 Å². The SMILES string of the molecule is Cc1c2cnn(-c3ncc[nH]3)c(=O)c2c(C)n1-c1cccc(N2CCC2)c1. The second kappa shape index (κ2) is 5.84. The van der Waals surface area contributed by atoms with Gasteiger partial charge < -0.3 is 14.5 Å². The molecule has 7 heteroatoms. The van der Waals surface area contributed by atoms with Crippen molar-refractivity contribution in [1.29, 1.82) is 0 Å². The van der Waals surface area contributed by atoms with Crippen molar-refractivity contribution in [1.82, 2.24) is 24.3 Å². The van der Waals surface area contributed by atoms with E-state index in [9.17, 15) is 4.79 Å². The molecule has 0 aliphatic carbocycles. The van der Waals surface area contributed by atoms with Crippen molar-refractivity contribution in [2.45, 2.75) is 20.3 Å². The highest BCUT2D eigenvalue weighted by Crippen LogP contribution is 2.29. The molecule has 0 unspecified atom stereocenters. The van der Waals surface area contributed by atoms with Crippen LogP contribution >= 0.6 is 0 Å². The molecular weight excluding hydrogens is 340 g/mol. The predicted molar refractivity (Wildman–Crippen MR) is 105 cm³/mol. The molecule has 1 saturated heterocycles. The number of fused-ring (bicyclic) bond motifs is 1. The number of hydrogen-bond acceptors (Lipinski definition) is 4. The summed E-state index contributed by atoms with van der Waals surface area (Å²) in [5, 5.41) is 5.86. The second-order valence-corrected chi connectivity index (χ2v) is 6.93. The molecule has 0 saturated carbocycles. The normalized spacial score (nSPS) is 13.9. The van der Waals surface area contributed by atoms with E-state index in [4.69, 9.17) is 0 Å². The molecule has 7 nitrogen and oxygen atoms in total. The zero-order valence-electron chi connectivity index (χ0n) is 15.3. The number of hydrogen-bond donors (Lipinski definition) is 1. The largest absolute Gasteiger partial charge is 0.371 e. The predicted octanol–water partition coefficient (Wildman–Crippen LogP) is 2.73. The fourth-order valence-corrected chi connectivity index (χ4v) is 3.88. The van der Waals surface area contributed by atoms with Crippen molar-refractivity contribution in [3.8, 4) is 11.6 Å². The number of nitrogens with one attached hydrogen (secondary N) is 1. The van der Waals surface area contributed by atoms with Crippen LogP contribution in [0.3, 0.4) is 0 Å². The molecule has 3 aromatic heterocycles. The first-order chi connectivity index (χ1) is 13.1. The van der Waals surface area contributed by atoms with E-state index in [0.717, 1.165) is 35.6 Å². The number of aryl methyl sites for hydroxylation is 2. The minimum atomic E-state index is -0.166. The van der Waals surface area contributed by atoms with Crippen LogP contribution in [-0.4, -0.2) is 37.4 Å². The molecule has 1 aliphatic rings. The standard InChI is InChI=1S/C20H20N6O/c1-13-17-12-23-26(20-21-7-8-22-20)19(27)18(17)14(2)25(13)16-6-3-5-15(11-16)24-9-4-10-24/h3,5-8,11-12H,4,9-10H2,1-2H3,(H,21,22). The Labute approximate surface area is 155 Å². The van der Waals surface area contributed by atoms with Gasteiger partial charge in [-0.15, -0.1) is 0 Å². The van der Waals surface area contributed by atoms with Crippen LogP contribution in [0.15, 0.2) is 47.7 Å². The maximum Gasteiger partial charge on any atom is 0.283 e. The molecule has 5 rings (SSSR count). The van der Waals surface area contributed by atoms with Crippen molar-refractivity contribution in [2.75, 3.05) is 18.0 Å². The molecule has 1 aromatic carbocycles. The summed E-state index contributed by atoms with van der Waals surface area (Å²) < 4.78 is 3.46. The summed E-state index contributed by atoms with van der Waals surface area (Å²) in [7, 11) is 0. The topological polar surface area (TPSA) is 71.7 Å². The van der Waals surface area contributed by atoms with Gasteiger partial charge in [-0.25, -0.2) is 4.98 Å². The second-order valence-electron chi connectivity index (χ2n) is 6.93. The lowest BCUT2D eigenvalue weighted by Gasteiger charge is -2.33. The van der Waals surface area contributed by atoms with Gasteiger partial charge in [-0.3, -0.25) is 4.79 Å². The third kappa shape index (κ3) is 2.31. The number of rotatable bonds is 3. The summed E-state index contributed by atoms with van der Waals surface area (Å²) in [5.41, 5.74) is 4.05. The number of anilines is 1. The van der Waals surface area contributed by atoms with E-state index in [1.807, 2.05) is 13.8 Å². The third-order valence-corrected chi connectivity index (χ3v) is 5.39. The van der Waals surface area contributed by atoms with Gasteiger partial charge in [-0.05, 0) is 38.5 Å². The lowest BCUT2D eigenvalue weighted by molar-refractivity contribution is 0.617. The summed E-state index contributed by atoms with van der Waals surface area (Å²) >= 11 is 0. The Morgan fingerprint density at radius 1 is 1.11 bits per heavy atom. The molecule has 1 N–H and O–H groups in total. The summed E-state index contributed by atoms with van der Waals surface area (Å²) in [6.45, 7) is 6.23. The van der Waals surface area contributed by atoms with Gasteiger partial charge in [0.15, 0.2) is 0 Å². The van der Waals surface area contributed by atoms with Gasteiger partial charge in [0.25, 0.3) is 5.56 Å². The van der Waals surface area contributed by atoms with Gasteiger partial charge >= 0.3 is 0 Å². The Hall–Kier alpha value is -3.35. The van der Waals surface area contributed by atoms with Crippen LogP contribution in [0.2, 0.25) is 0 Å². The average Bonchev–Trinajstić information content (AvgIpc) is 3.22. The number of benzene rings is 1. The number of aromatic amines is 1. The minimum absolute atomic E-state index is 0.166. The van der Waals surface area contributed by atoms with Crippen LogP contribution in [0.5, 0.6) is 0 Å². The van der Waals surface area contributed by atoms with Crippen LogP contribution in [0, 0.1) is 13.8 Å². The maximum absolute atomic E-state index is 13.1. The Morgan fingerprint density at radius 2 is 1.93 bits per heavy atom. The van der Waals surface area contributed by atoms with Crippen LogP contribution in [0.4, 0.5) is 5.69 Å². The lowest BCUT2D eigenvalue weighted by atomic mass is 10.1. The molecule has 0 bridgehead atoms. The van der Waals surface area contributed by atoms with Crippen molar-refractivity contribution in [3.63, 3.8) is 0 Å². The zero-order valence-corrected chi connectivity index (χ0v) is 15.3. The van der Waals surface area contributed by atoms with Crippen LogP contribution < -0.4 is 10.5 Å². The summed E-state index contributed by atoms with van der Waals surface area (Å²) in [4.78, 5) is 22.5. The van der Waals surface area contributed by atoms with E-state index in [1.54, 1.807) is 18.6 Å². The quantitative estimate of drug-likeness (QED) is 0.610. The van der Waals surface area contributed by atoms with Crippen LogP contribution in [0.25, 0.3) is 22.4 Å². The third-order valence-electron chi connectivity index (χ3n) is 5.39. The first-order valence-electron chi connectivity index (χ1n) is 9.10. The fourth-order valence-electron chi connectivity index (χ4n) is 3.88. The maximum atomic E-state index is 13.1. The number of H-pyrrole nitrogens is 1. The lowest BCUT2D eigenvalue weighted by Crippen LogP contribution is -2.36. The first kappa shape index (κ1) is 15.9. The highest BCUT2D eigenvalue weighted by Gasteiger charge is 2.20. The van der Waals surface area contributed by atoms with E-state index in [0.29, 0.717) is 11.3 Å². The summed E-state index contributed by atoms with van der Waals surface area (Å²) in [6.07, 6.45) is 6.28. The summed E-state index contributed by atoms with van der Waals surface area (Å²) in [5.74, 6) is 0.423. The van der Waals surface area contributed by atoms with E-state index >= 15 is 0 Å². The van der Waals surface area contributed by atoms with Crippen LogP contribution in [-0.2, 0) is 0 Å². The van der Waals surface area contributed by atoms with Crippen molar-refractivity contribution in [2.24, 2.45) is 0 Å².